The summed E-state index contributed by atoms with van der Waals surface area (Å²) >= 11 is 0. The minimum absolute atomic E-state index is 0.0143. The lowest BCUT2D eigenvalue weighted by atomic mass is 9.83. The van der Waals surface area contributed by atoms with Crippen LogP contribution in [0, 0.1) is 20.7 Å². The van der Waals surface area contributed by atoms with Crippen LogP contribution in [0.4, 0.5) is 0 Å². The van der Waals surface area contributed by atoms with E-state index >= 15 is 0 Å². The lowest BCUT2D eigenvalue weighted by molar-refractivity contribution is 0.472. The Morgan fingerprint density at radius 1 is 0.525 bits per heavy atom. The SMILES string of the molecule is [2H]C([2H])([2H])c1ccc(-c2ccnc(-c3cc(-c4cccc5c4nc(-c4cc(C)cc(C)c4O)n5-c4cc(C(C)(C)C)ccc4-c4ccc(C(C)(C)C)cc4)cc(C(C)(C)C)c3)c2)cc1. The van der Waals surface area contributed by atoms with Crippen molar-refractivity contribution in [2.45, 2.75) is 99.3 Å². The van der Waals surface area contributed by atoms with Gasteiger partial charge in [0.05, 0.1) is 28.0 Å². The Balaban J connectivity index is 1.39. The number of para-hydroxylation sites is 1. The Labute approximate surface area is 367 Å². The summed E-state index contributed by atoms with van der Waals surface area (Å²) < 4.78 is 25.8. The first-order chi connectivity index (χ1) is 30.0. The highest BCUT2D eigenvalue weighted by Crippen LogP contribution is 2.43. The molecule has 0 aliphatic rings. The topological polar surface area (TPSA) is 50.9 Å². The van der Waals surface area contributed by atoms with E-state index in [1.807, 2.05) is 43.5 Å². The standard InChI is InChI=1S/C57H59N3O/c1-35-16-18-38(19-17-35)40-26-27-58-49(33-40)42-30-41(31-45(32-42)57(10,11)12)47-14-13-15-50-52(47)59-54(48-29-36(2)28-37(3)53(48)61)60(50)51-34-44(56(7,8)9)24-25-46(51)39-20-22-43(23-21-39)55(4,5)6/h13-34,61H,1-12H3/i1D3. The van der Waals surface area contributed by atoms with Crippen molar-refractivity contribution in [3.8, 4) is 67.5 Å². The summed E-state index contributed by atoms with van der Waals surface area (Å²) in [5.74, 6) is 0.874. The minimum atomic E-state index is -2.17. The zero-order valence-electron chi connectivity index (χ0n) is 40.5. The molecule has 4 nitrogen and oxygen atoms in total. The van der Waals surface area contributed by atoms with Crippen molar-refractivity contribution >= 4 is 11.0 Å². The molecule has 1 N–H and O–H groups in total. The zero-order chi connectivity index (χ0) is 46.1. The molecule has 8 rings (SSSR count). The summed E-state index contributed by atoms with van der Waals surface area (Å²) in [7, 11) is 0. The zero-order valence-corrected chi connectivity index (χ0v) is 37.5. The van der Waals surface area contributed by atoms with E-state index in [1.165, 1.54) is 11.1 Å². The van der Waals surface area contributed by atoms with E-state index in [-0.39, 0.29) is 22.0 Å². The summed E-state index contributed by atoms with van der Waals surface area (Å²) in [4.78, 5) is 10.5. The van der Waals surface area contributed by atoms with Gasteiger partial charge in [-0.1, -0.05) is 153 Å². The van der Waals surface area contributed by atoms with Crippen LogP contribution in [0.25, 0.3) is 72.7 Å². The molecule has 0 amide bonds. The van der Waals surface area contributed by atoms with Crippen molar-refractivity contribution in [3.05, 3.63) is 167 Å². The van der Waals surface area contributed by atoms with Gasteiger partial charge in [0.15, 0.2) is 0 Å². The first-order valence-corrected chi connectivity index (χ1v) is 21.3. The smallest absolute Gasteiger partial charge is 0.149 e. The van der Waals surface area contributed by atoms with E-state index in [4.69, 9.17) is 14.1 Å². The molecule has 4 heteroatoms. The summed E-state index contributed by atoms with van der Waals surface area (Å²) in [6.07, 6.45) is 1.82. The molecule has 0 radical (unpaired) electrons. The third-order valence-electron chi connectivity index (χ3n) is 11.9. The highest BCUT2D eigenvalue weighted by atomic mass is 16.3. The Hall–Kier alpha value is -6.26. The normalized spacial score (nSPS) is 13.3. The number of benzene rings is 6. The second kappa shape index (κ2) is 15.3. The average Bonchev–Trinajstić information content (AvgIpc) is 3.63. The molecule has 0 bridgehead atoms. The molecule has 0 saturated heterocycles. The van der Waals surface area contributed by atoms with Crippen LogP contribution in [0.3, 0.4) is 0 Å². The molecule has 6 aromatic carbocycles. The van der Waals surface area contributed by atoms with Gasteiger partial charge in [0.1, 0.15) is 11.6 Å². The number of nitrogens with zero attached hydrogens (tertiary/aromatic N) is 3. The van der Waals surface area contributed by atoms with E-state index in [0.29, 0.717) is 17.0 Å². The third-order valence-corrected chi connectivity index (χ3v) is 11.9. The molecule has 0 saturated carbocycles. The fraction of sp³-hybridized carbons (Fsp3) is 0.263. The van der Waals surface area contributed by atoms with E-state index in [1.54, 1.807) is 12.1 Å². The first kappa shape index (κ1) is 37.7. The number of fused-ring (bicyclic) bond motifs is 1. The molecular weight excluding hydrogens is 743 g/mol. The van der Waals surface area contributed by atoms with Crippen LogP contribution in [0.1, 0.15) is 99.8 Å². The molecule has 61 heavy (non-hydrogen) atoms. The summed E-state index contributed by atoms with van der Waals surface area (Å²) in [6.45, 7) is 21.9. The number of phenols is 1. The lowest BCUT2D eigenvalue weighted by Gasteiger charge is -2.24. The largest absolute Gasteiger partial charge is 0.507 e. The number of aryl methyl sites for hydroxylation is 3. The van der Waals surface area contributed by atoms with Gasteiger partial charge in [-0.2, -0.15) is 0 Å². The molecule has 0 spiro atoms. The van der Waals surface area contributed by atoms with Gasteiger partial charge >= 0.3 is 0 Å². The van der Waals surface area contributed by atoms with Crippen LogP contribution in [-0.2, 0) is 16.2 Å². The monoisotopic (exact) mass is 804 g/mol. The molecule has 8 aromatic rings. The van der Waals surface area contributed by atoms with Crippen LogP contribution in [0.15, 0.2) is 134 Å². The van der Waals surface area contributed by atoms with Crippen molar-refractivity contribution in [3.63, 3.8) is 0 Å². The van der Waals surface area contributed by atoms with Crippen molar-refractivity contribution in [1.29, 1.82) is 0 Å². The molecule has 0 unspecified atom stereocenters. The minimum Gasteiger partial charge on any atom is -0.507 e. The van der Waals surface area contributed by atoms with Crippen molar-refractivity contribution in [2.75, 3.05) is 0 Å². The average molecular weight is 805 g/mol. The third kappa shape index (κ3) is 8.16. The summed E-state index contributed by atoms with van der Waals surface area (Å²) in [6, 6.07) is 44.0. The van der Waals surface area contributed by atoms with Gasteiger partial charge in [0, 0.05) is 27.0 Å². The van der Waals surface area contributed by atoms with Gasteiger partial charge in [-0.15, -0.1) is 0 Å². The van der Waals surface area contributed by atoms with Gasteiger partial charge in [-0.25, -0.2) is 4.98 Å². The highest BCUT2D eigenvalue weighted by molar-refractivity contribution is 5.98. The number of aromatic hydroxyl groups is 1. The second-order valence-corrected chi connectivity index (χ2v) is 19.8. The van der Waals surface area contributed by atoms with E-state index in [0.717, 1.165) is 78.0 Å². The molecule has 0 atom stereocenters. The predicted molar refractivity (Wildman–Crippen MR) is 258 cm³/mol. The van der Waals surface area contributed by atoms with Crippen LogP contribution >= 0.6 is 0 Å². The van der Waals surface area contributed by atoms with Crippen LogP contribution in [0.2, 0.25) is 0 Å². The molecule has 2 heterocycles. The van der Waals surface area contributed by atoms with E-state index in [2.05, 4.69) is 159 Å². The number of imidazole rings is 1. The maximum Gasteiger partial charge on any atom is 0.149 e. The number of aromatic nitrogens is 3. The number of rotatable bonds is 6. The summed E-state index contributed by atoms with van der Waals surface area (Å²) in [5.41, 5.74) is 16.6. The Morgan fingerprint density at radius 2 is 1.18 bits per heavy atom. The predicted octanol–water partition coefficient (Wildman–Crippen LogP) is 15.3. The van der Waals surface area contributed by atoms with Crippen LogP contribution < -0.4 is 0 Å². The maximum absolute atomic E-state index is 11.9. The molecule has 0 aliphatic carbocycles. The molecule has 0 aliphatic heterocycles. The van der Waals surface area contributed by atoms with Crippen molar-refractivity contribution < 1.29 is 9.22 Å². The van der Waals surface area contributed by atoms with E-state index < -0.39 is 6.85 Å². The fourth-order valence-corrected chi connectivity index (χ4v) is 8.26. The highest BCUT2D eigenvalue weighted by Gasteiger charge is 2.26. The molecular formula is C57H59N3O. The van der Waals surface area contributed by atoms with E-state index in [9.17, 15) is 5.11 Å². The van der Waals surface area contributed by atoms with Gasteiger partial charge in [0.2, 0.25) is 0 Å². The summed E-state index contributed by atoms with van der Waals surface area (Å²) in [5, 5.41) is 11.9. The fourth-order valence-electron chi connectivity index (χ4n) is 8.26. The Kier molecular flexibility index (Phi) is 9.48. The molecule has 0 fully saturated rings. The molecule has 2 aromatic heterocycles. The van der Waals surface area contributed by atoms with Gasteiger partial charge < -0.3 is 5.11 Å². The number of hydrogen-bond acceptors (Lipinski definition) is 3. The van der Waals surface area contributed by atoms with Gasteiger partial charge in [-0.05, 0) is 129 Å². The van der Waals surface area contributed by atoms with Crippen LogP contribution in [-0.4, -0.2) is 19.6 Å². The van der Waals surface area contributed by atoms with Gasteiger partial charge in [-0.3, -0.25) is 9.55 Å². The van der Waals surface area contributed by atoms with Gasteiger partial charge in [0.25, 0.3) is 0 Å². The van der Waals surface area contributed by atoms with Crippen molar-refractivity contribution in [2.24, 2.45) is 0 Å². The lowest BCUT2D eigenvalue weighted by Crippen LogP contribution is -2.13. The van der Waals surface area contributed by atoms with Crippen molar-refractivity contribution in [1.82, 2.24) is 14.5 Å². The Morgan fingerprint density at radius 3 is 1.85 bits per heavy atom. The van der Waals surface area contributed by atoms with Crippen LogP contribution in [0.5, 0.6) is 5.75 Å². The number of hydrogen-bond donors (Lipinski definition) is 1. The maximum atomic E-state index is 11.9. The Bertz CT molecular complexity index is 3040. The quantitative estimate of drug-likeness (QED) is 0.182. The number of phenolic OH excluding ortho intramolecular Hbond substituents is 1. The second-order valence-electron chi connectivity index (χ2n) is 19.8. The molecule has 308 valence electrons. The number of pyridine rings is 1. The first-order valence-electron chi connectivity index (χ1n) is 22.8.